The molecule has 16 heteroatoms. The quantitative estimate of drug-likeness (QED) is 0.190. The molecule has 1 fully saturated rings. The first-order valence-electron chi connectivity index (χ1n) is 13.3. The summed E-state index contributed by atoms with van der Waals surface area (Å²) in [7, 11) is 0. The van der Waals surface area contributed by atoms with E-state index in [9.17, 15) is 34.8 Å². The first kappa shape index (κ1) is 28.3. The Hall–Kier alpha value is -5.84. The highest BCUT2D eigenvalue weighted by atomic mass is 16.5. The molecule has 0 unspecified atom stereocenters. The predicted octanol–water partition coefficient (Wildman–Crippen LogP) is 1.02. The van der Waals surface area contributed by atoms with Gasteiger partial charge in [0.25, 0.3) is 5.91 Å². The summed E-state index contributed by atoms with van der Waals surface area (Å²) in [5.41, 5.74) is 14.3. The van der Waals surface area contributed by atoms with Gasteiger partial charge in [0.05, 0.1) is 59.8 Å². The fourth-order valence-electron chi connectivity index (χ4n) is 4.75. The Bertz CT molecular complexity index is 1630. The van der Waals surface area contributed by atoms with Crippen LogP contribution < -0.4 is 31.9 Å². The van der Waals surface area contributed by atoms with Crippen LogP contribution in [0, 0.1) is 0 Å². The third kappa shape index (κ3) is 5.50. The van der Waals surface area contributed by atoms with Crippen molar-refractivity contribution in [1.82, 2.24) is 31.8 Å². The van der Waals surface area contributed by atoms with Crippen LogP contribution in [0.25, 0.3) is 11.4 Å². The van der Waals surface area contributed by atoms with Crippen LogP contribution in [0.2, 0.25) is 0 Å². The van der Waals surface area contributed by atoms with E-state index in [1.807, 2.05) is 0 Å². The molecule has 0 saturated carbocycles. The molecule has 1 saturated heterocycles. The zero-order valence-electron chi connectivity index (χ0n) is 22.8. The number of anilines is 2. The molecule has 44 heavy (non-hydrogen) atoms. The van der Waals surface area contributed by atoms with Crippen LogP contribution in [0.5, 0.6) is 11.5 Å². The highest BCUT2D eigenvalue weighted by Crippen LogP contribution is 2.29. The van der Waals surface area contributed by atoms with E-state index in [-0.39, 0.29) is 17.0 Å². The highest BCUT2D eigenvalue weighted by molar-refractivity contribution is 5.96. The Morgan fingerprint density at radius 3 is 1.64 bits per heavy atom. The van der Waals surface area contributed by atoms with Crippen LogP contribution in [-0.4, -0.2) is 74.5 Å². The van der Waals surface area contributed by atoms with Gasteiger partial charge in [0.1, 0.15) is 22.6 Å². The molecule has 3 aliphatic rings. The summed E-state index contributed by atoms with van der Waals surface area (Å²) < 4.78 is 5.39. The van der Waals surface area contributed by atoms with Crippen LogP contribution in [0.3, 0.4) is 0 Å². The molecule has 8 N–H and O–H groups in total. The van der Waals surface area contributed by atoms with E-state index in [0.717, 1.165) is 0 Å². The van der Waals surface area contributed by atoms with Gasteiger partial charge in [-0.25, -0.2) is 14.6 Å². The summed E-state index contributed by atoms with van der Waals surface area (Å²) >= 11 is 0. The van der Waals surface area contributed by atoms with Gasteiger partial charge in [-0.05, 0) is 36.4 Å². The lowest BCUT2D eigenvalue weighted by atomic mass is 10.1. The number of carboxylic acid groups (broad SMARTS) is 2. The maximum absolute atomic E-state index is 13.5. The number of ether oxygens (including phenoxy) is 1. The number of aromatic hydroxyl groups is 2. The fourth-order valence-corrected chi connectivity index (χ4v) is 4.75. The van der Waals surface area contributed by atoms with E-state index in [1.54, 1.807) is 29.4 Å². The Morgan fingerprint density at radius 1 is 0.727 bits per heavy atom. The molecule has 2 aromatic carbocycles. The minimum Gasteiger partial charge on any atom is -0.507 e. The lowest BCUT2D eigenvalue weighted by Gasteiger charge is -2.27. The summed E-state index contributed by atoms with van der Waals surface area (Å²) in [5.74, 6) is -3.53. The maximum Gasteiger partial charge on any atom is 0.339 e. The predicted molar refractivity (Wildman–Crippen MR) is 155 cm³/mol. The van der Waals surface area contributed by atoms with Crippen molar-refractivity contribution < 1.29 is 39.5 Å². The molecular weight excluding hydrogens is 576 g/mol. The zero-order valence-corrected chi connectivity index (χ0v) is 22.8. The molecule has 3 aromatic rings. The van der Waals surface area contributed by atoms with Crippen molar-refractivity contribution in [2.75, 3.05) is 36.3 Å². The second-order valence-electron chi connectivity index (χ2n) is 9.84. The molecule has 0 spiro atoms. The number of amides is 1. The number of nitrogens with one attached hydrogen (secondary N) is 4. The Labute approximate surface area is 249 Å². The number of hydrazine groups is 4. The molecule has 6 rings (SSSR count). The van der Waals surface area contributed by atoms with Crippen molar-refractivity contribution in [3.05, 3.63) is 89.0 Å². The van der Waals surface area contributed by atoms with E-state index in [1.165, 1.54) is 46.4 Å². The standard InChI is InChI=1S/C28H26N8O8/c37-24-11-16(1-3-18(24)27(40)41)35-13-22(30-32-35)20-9-15(26(39)34-5-7-44-8-6-34)10-21(29-20)23-14-36(33-31-23)17-2-4-19(28(42)43)25(38)12-17/h1-4,9-14,30-33,37-38H,5-8H2,(H,40,41)(H,42,43). The molecule has 0 aliphatic carbocycles. The number of hydrogen-bond acceptors (Lipinski definition) is 13. The second-order valence-corrected chi connectivity index (χ2v) is 9.84. The molecule has 16 nitrogen and oxygen atoms in total. The number of hydrogen-bond donors (Lipinski definition) is 8. The molecule has 226 valence electrons. The minimum absolute atomic E-state index is 0.214. The number of benzene rings is 2. The van der Waals surface area contributed by atoms with Crippen LogP contribution in [0.4, 0.5) is 11.4 Å². The molecular formula is C28H26N8O8. The van der Waals surface area contributed by atoms with Crippen LogP contribution >= 0.6 is 0 Å². The van der Waals surface area contributed by atoms with Gasteiger partial charge >= 0.3 is 11.9 Å². The number of morpholine rings is 1. The van der Waals surface area contributed by atoms with Crippen molar-refractivity contribution in [1.29, 1.82) is 0 Å². The van der Waals surface area contributed by atoms with E-state index in [2.05, 4.69) is 21.9 Å². The third-order valence-corrected chi connectivity index (χ3v) is 7.04. The van der Waals surface area contributed by atoms with Crippen molar-refractivity contribution in [3.8, 4) is 11.5 Å². The van der Waals surface area contributed by atoms with Gasteiger partial charge in [0.15, 0.2) is 0 Å². The summed E-state index contributed by atoms with van der Waals surface area (Å²) in [4.78, 5) is 42.5. The monoisotopic (exact) mass is 602 g/mol. The third-order valence-electron chi connectivity index (χ3n) is 7.04. The molecule has 0 atom stereocenters. The van der Waals surface area contributed by atoms with Crippen LogP contribution in [-0.2, 0) is 4.74 Å². The summed E-state index contributed by atoms with van der Waals surface area (Å²) in [6.07, 6.45) is 3.27. The largest absolute Gasteiger partial charge is 0.507 e. The van der Waals surface area contributed by atoms with Crippen molar-refractivity contribution in [3.63, 3.8) is 0 Å². The topological polar surface area (TPSA) is 212 Å². The first-order chi connectivity index (χ1) is 21.2. The number of aromatic carboxylic acids is 2. The van der Waals surface area contributed by atoms with Crippen molar-refractivity contribution in [2.45, 2.75) is 0 Å². The Balaban J connectivity index is 1.34. The smallest absolute Gasteiger partial charge is 0.339 e. The average Bonchev–Trinajstić information content (AvgIpc) is 3.72. The summed E-state index contributed by atoms with van der Waals surface area (Å²) in [5, 5.41) is 41.7. The first-order valence-corrected chi connectivity index (χ1v) is 13.3. The zero-order chi connectivity index (χ0) is 31.0. The number of carbonyl (C=O) groups is 3. The number of carbonyl (C=O) groups excluding carboxylic acids is 1. The number of pyridine rings is 1. The molecule has 3 aliphatic heterocycles. The Kier molecular flexibility index (Phi) is 7.36. The summed E-state index contributed by atoms with van der Waals surface area (Å²) in [6.45, 7) is 1.72. The molecule has 1 amide bonds. The van der Waals surface area contributed by atoms with Gasteiger partial charge < -0.3 is 30.1 Å². The Morgan fingerprint density at radius 2 is 1.20 bits per heavy atom. The van der Waals surface area contributed by atoms with Gasteiger partial charge in [-0.1, -0.05) is 0 Å². The van der Waals surface area contributed by atoms with Gasteiger partial charge in [0.2, 0.25) is 0 Å². The van der Waals surface area contributed by atoms with Gasteiger partial charge in [0, 0.05) is 30.8 Å². The molecule has 4 heterocycles. The normalized spacial score (nSPS) is 16.2. The number of nitrogens with zero attached hydrogens (tertiary/aromatic N) is 4. The average molecular weight is 603 g/mol. The van der Waals surface area contributed by atoms with E-state index < -0.39 is 23.4 Å². The van der Waals surface area contributed by atoms with Crippen molar-refractivity contribution >= 4 is 40.6 Å². The van der Waals surface area contributed by atoms with E-state index in [4.69, 9.17) is 9.72 Å². The lowest BCUT2D eigenvalue weighted by molar-refractivity contribution is 0.0302. The van der Waals surface area contributed by atoms with Crippen LogP contribution in [0.15, 0.2) is 60.9 Å². The maximum atomic E-state index is 13.5. The summed E-state index contributed by atoms with van der Waals surface area (Å²) in [6, 6.07) is 11.5. The number of carboxylic acids is 2. The SMILES string of the molecule is O=C(O)c1ccc(N2C=C(c3cc(C(=O)N4CCOCC4)cc(C4=CN(c5ccc(C(=O)O)c(O)c5)NN4)n3)NN2)cc1O. The highest BCUT2D eigenvalue weighted by Gasteiger charge is 2.25. The molecule has 0 radical (unpaired) electrons. The van der Waals surface area contributed by atoms with Crippen LogP contribution in [0.1, 0.15) is 42.5 Å². The van der Waals surface area contributed by atoms with Crippen molar-refractivity contribution in [2.24, 2.45) is 0 Å². The number of aromatic nitrogens is 1. The second kappa shape index (κ2) is 11.4. The molecule has 1 aromatic heterocycles. The minimum atomic E-state index is -1.26. The van der Waals surface area contributed by atoms with Gasteiger partial charge in [-0.3, -0.25) is 25.7 Å². The lowest BCUT2D eigenvalue weighted by Crippen LogP contribution is -2.40. The van der Waals surface area contributed by atoms with Gasteiger partial charge in [-0.2, -0.15) is 0 Å². The van der Waals surface area contributed by atoms with E-state index >= 15 is 0 Å². The number of phenols is 2. The fraction of sp³-hybridized carbons (Fsp3) is 0.143. The number of rotatable bonds is 7. The van der Waals surface area contributed by atoms with Gasteiger partial charge in [-0.15, -0.1) is 11.1 Å². The molecule has 0 bridgehead atoms. The van der Waals surface area contributed by atoms with E-state index in [0.29, 0.717) is 66.0 Å².